The average Bonchev–Trinajstić information content (AvgIpc) is 2.57. The Bertz CT molecular complexity index is 763. The maximum atomic E-state index is 12.1. The van der Waals surface area contributed by atoms with Gasteiger partial charge in [-0.3, -0.25) is 0 Å². The molecule has 0 aliphatic heterocycles. The molecule has 1 atom stereocenters. The summed E-state index contributed by atoms with van der Waals surface area (Å²) < 4.78 is 5.39. The summed E-state index contributed by atoms with van der Waals surface area (Å²) in [4.78, 5) is 12.1. The van der Waals surface area contributed by atoms with Crippen molar-refractivity contribution in [3.05, 3.63) is 84.4 Å². The van der Waals surface area contributed by atoms with Crippen LogP contribution in [0.1, 0.15) is 10.4 Å². The van der Waals surface area contributed by atoms with Gasteiger partial charge in [0, 0.05) is 0 Å². The van der Waals surface area contributed by atoms with Crippen molar-refractivity contribution in [3.63, 3.8) is 0 Å². The molecule has 2 nitrogen and oxygen atoms in total. The van der Waals surface area contributed by atoms with E-state index in [0.29, 0.717) is 11.3 Å². The largest absolute Gasteiger partial charge is 0.423 e. The molecule has 0 N–H and O–H groups in total. The van der Waals surface area contributed by atoms with E-state index in [4.69, 9.17) is 4.74 Å². The monoisotopic (exact) mass is 306 g/mol. The van der Waals surface area contributed by atoms with Crippen LogP contribution in [-0.4, -0.2) is 5.97 Å². The lowest BCUT2D eigenvalue weighted by Crippen LogP contribution is -2.09. The number of esters is 1. The maximum absolute atomic E-state index is 12.1. The molecule has 0 heterocycles. The second-order valence-corrected chi connectivity index (χ2v) is 5.57. The van der Waals surface area contributed by atoms with Crippen molar-refractivity contribution < 1.29 is 9.53 Å². The molecule has 0 aliphatic carbocycles. The van der Waals surface area contributed by atoms with Crippen LogP contribution in [-0.2, 0) is 0 Å². The van der Waals surface area contributed by atoms with Gasteiger partial charge in [0.1, 0.15) is 5.75 Å². The smallest absolute Gasteiger partial charge is 0.343 e. The highest BCUT2D eigenvalue weighted by Gasteiger charge is 2.08. The lowest BCUT2D eigenvalue weighted by molar-refractivity contribution is 0.0735. The first kappa shape index (κ1) is 14.5. The topological polar surface area (TPSA) is 26.3 Å². The Morgan fingerprint density at radius 3 is 1.95 bits per heavy atom. The fraction of sp³-hybridized carbons (Fsp3) is 0. The molecule has 0 fully saturated rings. The number of benzene rings is 3. The van der Waals surface area contributed by atoms with Crippen molar-refractivity contribution in [1.29, 1.82) is 0 Å². The molecule has 3 heteroatoms. The normalized spacial score (nSPS) is 10.2. The quantitative estimate of drug-likeness (QED) is 0.414. The molecule has 108 valence electrons. The molecule has 0 saturated carbocycles. The second-order valence-electron chi connectivity index (χ2n) is 4.90. The Kier molecular flexibility index (Phi) is 4.32. The van der Waals surface area contributed by atoms with Gasteiger partial charge >= 0.3 is 5.97 Å². The first-order chi connectivity index (χ1) is 10.7. The Hall–Kier alpha value is -2.44. The van der Waals surface area contributed by atoms with Crippen LogP contribution in [0.5, 0.6) is 5.75 Å². The molecular formula is C19H15O2P. The lowest BCUT2D eigenvalue weighted by Gasteiger charge is -2.06. The van der Waals surface area contributed by atoms with Crippen molar-refractivity contribution >= 4 is 20.5 Å². The number of carbonyl (C=O) groups excluding carboxylic acids is 1. The average molecular weight is 306 g/mol. The third-order valence-corrected chi connectivity index (χ3v) is 3.70. The summed E-state index contributed by atoms with van der Waals surface area (Å²) >= 11 is 0. The van der Waals surface area contributed by atoms with Crippen molar-refractivity contribution in [2.45, 2.75) is 0 Å². The standard InChI is InChI=1S/C19H15O2P/c20-19(16-8-12-18(22)13-9-16)21-17-10-6-15(7-11-17)14-4-2-1-3-5-14/h1-13H,22H2. The zero-order chi connectivity index (χ0) is 15.4. The summed E-state index contributed by atoms with van der Waals surface area (Å²) in [5.74, 6) is 0.192. The Morgan fingerprint density at radius 1 is 0.727 bits per heavy atom. The van der Waals surface area contributed by atoms with Crippen molar-refractivity contribution in [2.24, 2.45) is 0 Å². The fourth-order valence-electron chi connectivity index (χ4n) is 2.13. The van der Waals surface area contributed by atoms with E-state index < -0.39 is 0 Å². The molecule has 0 bridgehead atoms. The first-order valence-corrected chi connectivity index (χ1v) is 7.53. The number of carbonyl (C=O) groups is 1. The number of hydrogen-bond acceptors (Lipinski definition) is 2. The van der Waals surface area contributed by atoms with Crippen LogP contribution in [0, 0.1) is 0 Å². The van der Waals surface area contributed by atoms with Gasteiger partial charge in [-0.15, -0.1) is 9.24 Å². The minimum absolute atomic E-state index is 0.350. The summed E-state index contributed by atoms with van der Waals surface area (Å²) in [5.41, 5.74) is 2.77. The predicted molar refractivity (Wildman–Crippen MR) is 92.6 cm³/mol. The third-order valence-electron chi connectivity index (χ3n) is 3.32. The molecule has 1 unspecified atom stereocenters. The van der Waals surface area contributed by atoms with E-state index in [1.807, 2.05) is 66.7 Å². The first-order valence-electron chi connectivity index (χ1n) is 6.95. The highest BCUT2D eigenvalue weighted by molar-refractivity contribution is 7.27. The Labute approximate surface area is 132 Å². The van der Waals surface area contributed by atoms with Crippen LogP contribution in [0.15, 0.2) is 78.9 Å². The summed E-state index contributed by atoms with van der Waals surface area (Å²) in [6, 6.07) is 24.8. The highest BCUT2D eigenvalue weighted by Crippen LogP contribution is 2.22. The number of hydrogen-bond donors (Lipinski definition) is 0. The van der Waals surface area contributed by atoms with Crippen LogP contribution < -0.4 is 10.0 Å². The zero-order valence-electron chi connectivity index (χ0n) is 11.9. The molecule has 3 rings (SSSR count). The molecule has 0 saturated heterocycles. The molecule has 0 aliphatic rings. The van der Waals surface area contributed by atoms with Gasteiger partial charge in [-0.2, -0.15) is 0 Å². The van der Waals surface area contributed by atoms with E-state index >= 15 is 0 Å². The summed E-state index contributed by atoms with van der Waals surface area (Å²) in [7, 11) is 2.59. The maximum Gasteiger partial charge on any atom is 0.343 e. The van der Waals surface area contributed by atoms with Gasteiger partial charge in [-0.1, -0.05) is 54.6 Å². The minimum atomic E-state index is -0.350. The zero-order valence-corrected chi connectivity index (χ0v) is 13.1. The summed E-state index contributed by atoms with van der Waals surface area (Å²) in [6.07, 6.45) is 0. The van der Waals surface area contributed by atoms with Gasteiger partial charge in [-0.05, 0) is 40.7 Å². The van der Waals surface area contributed by atoms with E-state index in [1.165, 1.54) is 0 Å². The second kappa shape index (κ2) is 6.55. The highest BCUT2D eigenvalue weighted by atomic mass is 31.0. The lowest BCUT2D eigenvalue weighted by atomic mass is 10.1. The molecule has 3 aromatic carbocycles. The van der Waals surface area contributed by atoms with E-state index in [2.05, 4.69) is 9.24 Å². The number of ether oxygens (including phenoxy) is 1. The van der Waals surface area contributed by atoms with E-state index in [-0.39, 0.29) is 5.97 Å². The van der Waals surface area contributed by atoms with Crippen LogP contribution in [0.4, 0.5) is 0 Å². The predicted octanol–water partition coefficient (Wildman–Crippen LogP) is 4.07. The van der Waals surface area contributed by atoms with Gasteiger partial charge in [0.2, 0.25) is 0 Å². The molecule has 0 amide bonds. The fourth-order valence-corrected chi connectivity index (χ4v) is 2.32. The van der Waals surface area contributed by atoms with Crippen molar-refractivity contribution in [3.8, 4) is 16.9 Å². The molecule has 22 heavy (non-hydrogen) atoms. The minimum Gasteiger partial charge on any atom is -0.423 e. The van der Waals surface area contributed by atoms with Gasteiger partial charge in [0.25, 0.3) is 0 Å². The van der Waals surface area contributed by atoms with E-state index in [1.54, 1.807) is 12.1 Å². The van der Waals surface area contributed by atoms with Crippen molar-refractivity contribution in [1.82, 2.24) is 0 Å². The molecular weight excluding hydrogens is 291 g/mol. The number of rotatable bonds is 3. The summed E-state index contributed by atoms with van der Waals surface area (Å²) in [5, 5.41) is 1.03. The Morgan fingerprint density at radius 2 is 1.32 bits per heavy atom. The SMILES string of the molecule is O=C(Oc1ccc(-c2ccccc2)cc1)c1ccc(P)cc1. The van der Waals surface area contributed by atoms with Crippen LogP contribution >= 0.6 is 9.24 Å². The van der Waals surface area contributed by atoms with Crippen LogP contribution in [0.25, 0.3) is 11.1 Å². The van der Waals surface area contributed by atoms with Crippen molar-refractivity contribution in [2.75, 3.05) is 0 Å². The van der Waals surface area contributed by atoms with E-state index in [0.717, 1.165) is 16.4 Å². The molecule has 0 radical (unpaired) electrons. The van der Waals surface area contributed by atoms with Gasteiger partial charge in [-0.25, -0.2) is 4.79 Å². The van der Waals surface area contributed by atoms with Gasteiger partial charge in [0.15, 0.2) is 0 Å². The molecule has 0 spiro atoms. The Balaban J connectivity index is 1.73. The van der Waals surface area contributed by atoms with Gasteiger partial charge < -0.3 is 4.74 Å². The third kappa shape index (κ3) is 3.41. The van der Waals surface area contributed by atoms with E-state index in [9.17, 15) is 4.79 Å². The van der Waals surface area contributed by atoms with Gasteiger partial charge in [0.05, 0.1) is 5.56 Å². The summed E-state index contributed by atoms with van der Waals surface area (Å²) in [6.45, 7) is 0. The molecule has 3 aromatic rings. The molecule has 0 aromatic heterocycles. The van der Waals surface area contributed by atoms with Crippen LogP contribution in [0.2, 0.25) is 0 Å². The van der Waals surface area contributed by atoms with Crippen LogP contribution in [0.3, 0.4) is 0 Å².